The standard InChI is InChI=1S/C30H34O5S2/c1-34-23-13-7-14-24(17-23)37-30(27(31)19-36-20-28(32)33)26-16-8-15-25(22-11-5-6-12-22)29(26)35-18-21-9-3-2-4-10-21/h2-4,7-10,13-17,22,27,30-31H,5-6,11-12,18-20H2,1H3,(H,32,33). The molecule has 5 nitrogen and oxygen atoms in total. The van der Waals surface area contributed by atoms with Crippen LogP contribution in [0, 0.1) is 0 Å². The molecule has 1 aliphatic rings. The molecule has 3 aromatic carbocycles. The highest BCUT2D eigenvalue weighted by atomic mass is 32.2. The van der Waals surface area contributed by atoms with E-state index in [9.17, 15) is 9.90 Å². The van der Waals surface area contributed by atoms with Gasteiger partial charge in [0.05, 0.1) is 24.2 Å². The van der Waals surface area contributed by atoms with Crippen LogP contribution in [-0.4, -0.2) is 40.9 Å². The highest BCUT2D eigenvalue weighted by molar-refractivity contribution is 8.00. The zero-order valence-corrected chi connectivity index (χ0v) is 22.7. The van der Waals surface area contributed by atoms with Gasteiger partial charge in [-0.15, -0.1) is 23.5 Å². The van der Waals surface area contributed by atoms with Gasteiger partial charge in [0.15, 0.2) is 0 Å². The molecule has 1 fully saturated rings. The molecule has 0 radical (unpaired) electrons. The summed E-state index contributed by atoms with van der Waals surface area (Å²) in [4.78, 5) is 12.1. The van der Waals surface area contributed by atoms with E-state index in [1.165, 1.54) is 30.2 Å². The number of hydrogen-bond acceptors (Lipinski definition) is 6. The van der Waals surface area contributed by atoms with Crippen LogP contribution in [0.15, 0.2) is 77.7 Å². The first-order valence-electron chi connectivity index (χ1n) is 12.6. The van der Waals surface area contributed by atoms with Gasteiger partial charge in [-0.1, -0.05) is 67.4 Å². The first-order chi connectivity index (χ1) is 18.0. The molecule has 3 aromatic rings. The van der Waals surface area contributed by atoms with E-state index in [0.717, 1.165) is 40.4 Å². The molecule has 2 unspecified atom stereocenters. The van der Waals surface area contributed by atoms with Crippen molar-refractivity contribution in [2.24, 2.45) is 0 Å². The van der Waals surface area contributed by atoms with Crippen molar-refractivity contribution in [2.75, 3.05) is 18.6 Å². The summed E-state index contributed by atoms with van der Waals surface area (Å²) in [6.45, 7) is 0.442. The number of benzene rings is 3. The predicted octanol–water partition coefficient (Wildman–Crippen LogP) is 6.94. The van der Waals surface area contributed by atoms with E-state index in [4.69, 9.17) is 14.6 Å². The van der Waals surface area contributed by atoms with Gasteiger partial charge >= 0.3 is 5.97 Å². The SMILES string of the molecule is COc1cccc(SC(c2cccc(C3CCCC3)c2OCc2ccccc2)C(O)CSCC(=O)O)c1. The number of para-hydroxylation sites is 1. The van der Waals surface area contributed by atoms with Crippen LogP contribution in [0.2, 0.25) is 0 Å². The first-order valence-corrected chi connectivity index (χ1v) is 14.7. The van der Waals surface area contributed by atoms with E-state index in [1.807, 2.05) is 48.5 Å². The van der Waals surface area contributed by atoms with Crippen LogP contribution < -0.4 is 9.47 Å². The Morgan fingerprint density at radius 1 is 1.03 bits per heavy atom. The Balaban J connectivity index is 1.71. The molecule has 0 aliphatic heterocycles. The third-order valence-corrected chi connectivity index (χ3v) is 8.95. The van der Waals surface area contributed by atoms with Crippen molar-refractivity contribution in [1.82, 2.24) is 0 Å². The average molecular weight is 539 g/mol. The topological polar surface area (TPSA) is 76.0 Å². The number of carbonyl (C=O) groups is 1. The Morgan fingerprint density at radius 3 is 2.51 bits per heavy atom. The number of carboxylic acid groups (broad SMARTS) is 1. The van der Waals surface area contributed by atoms with E-state index in [-0.39, 0.29) is 11.0 Å². The lowest BCUT2D eigenvalue weighted by Crippen LogP contribution is -2.21. The summed E-state index contributed by atoms with van der Waals surface area (Å²) in [5.41, 5.74) is 3.23. The van der Waals surface area contributed by atoms with Crippen LogP contribution in [0.25, 0.3) is 0 Å². The normalized spacial score (nSPS) is 15.3. The van der Waals surface area contributed by atoms with Gasteiger partial charge in [0.1, 0.15) is 18.1 Å². The number of hydrogen-bond donors (Lipinski definition) is 2. The third-order valence-electron chi connectivity index (χ3n) is 6.57. The number of ether oxygens (including phenoxy) is 2. The minimum atomic E-state index is -0.885. The summed E-state index contributed by atoms with van der Waals surface area (Å²) in [7, 11) is 1.64. The highest BCUT2D eigenvalue weighted by Crippen LogP contribution is 2.47. The number of aliphatic hydroxyl groups excluding tert-OH is 1. The number of methoxy groups -OCH3 is 1. The molecule has 0 saturated heterocycles. The van der Waals surface area contributed by atoms with Crippen LogP contribution in [0.1, 0.15) is 53.5 Å². The lowest BCUT2D eigenvalue weighted by atomic mass is 9.93. The number of thioether (sulfide) groups is 2. The predicted molar refractivity (Wildman–Crippen MR) is 151 cm³/mol. The van der Waals surface area contributed by atoms with Gasteiger partial charge < -0.3 is 19.7 Å². The van der Waals surface area contributed by atoms with Gasteiger partial charge in [0.2, 0.25) is 0 Å². The lowest BCUT2D eigenvalue weighted by molar-refractivity contribution is -0.133. The van der Waals surface area contributed by atoms with Crippen LogP contribution in [0.5, 0.6) is 11.5 Å². The average Bonchev–Trinajstić information content (AvgIpc) is 3.46. The zero-order chi connectivity index (χ0) is 26.0. The molecule has 1 saturated carbocycles. The van der Waals surface area contributed by atoms with Crippen molar-refractivity contribution >= 4 is 29.5 Å². The molecular formula is C30H34O5S2. The second-order valence-electron chi connectivity index (χ2n) is 9.21. The summed E-state index contributed by atoms with van der Waals surface area (Å²) in [6.07, 6.45) is 3.91. The van der Waals surface area contributed by atoms with Gasteiger partial charge in [0, 0.05) is 16.2 Å². The van der Waals surface area contributed by atoms with Gasteiger partial charge in [-0.2, -0.15) is 0 Å². The van der Waals surface area contributed by atoms with E-state index < -0.39 is 12.1 Å². The van der Waals surface area contributed by atoms with Gasteiger partial charge in [0.25, 0.3) is 0 Å². The van der Waals surface area contributed by atoms with Crippen molar-refractivity contribution in [2.45, 2.75) is 54.5 Å². The first kappa shape index (κ1) is 27.4. The largest absolute Gasteiger partial charge is 0.497 e. The van der Waals surface area contributed by atoms with Crippen molar-refractivity contribution in [3.05, 3.63) is 89.5 Å². The quantitative estimate of drug-likeness (QED) is 0.228. The number of aliphatic hydroxyl groups is 1. The Labute approximate surface area is 227 Å². The second-order valence-corrected chi connectivity index (χ2v) is 11.5. The molecule has 0 spiro atoms. The molecule has 0 amide bonds. The van der Waals surface area contributed by atoms with Crippen molar-refractivity contribution in [3.63, 3.8) is 0 Å². The fourth-order valence-electron chi connectivity index (χ4n) is 4.78. The fraction of sp³-hybridized carbons (Fsp3) is 0.367. The number of carboxylic acids is 1. The molecular weight excluding hydrogens is 504 g/mol. The number of rotatable bonds is 13. The molecule has 0 bridgehead atoms. The van der Waals surface area contributed by atoms with Crippen molar-refractivity contribution < 1.29 is 24.5 Å². The number of aliphatic carboxylic acids is 1. The van der Waals surface area contributed by atoms with Crippen molar-refractivity contribution in [3.8, 4) is 11.5 Å². The summed E-state index contributed by atoms with van der Waals surface area (Å²) < 4.78 is 12.0. The monoisotopic (exact) mass is 538 g/mol. The third kappa shape index (κ3) is 7.69. The fourth-order valence-corrected chi connectivity index (χ4v) is 6.83. The molecule has 0 aromatic heterocycles. The summed E-state index contributed by atoms with van der Waals surface area (Å²) >= 11 is 2.78. The molecule has 0 heterocycles. The van der Waals surface area contributed by atoms with Crippen molar-refractivity contribution in [1.29, 1.82) is 0 Å². The van der Waals surface area contributed by atoms with Gasteiger partial charge in [-0.25, -0.2) is 0 Å². The molecule has 2 N–H and O–H groups in total. The minimum Gasteiger partial charge on any atom is -0.497 e. The van der Waals surface area contributed by atoms with Gasteiger partial charge in [-0.3, -0.25) is 4.79 Å². The van der Waals surface area contributed by atoms with Crippen LogP contribution >= 0.6 is 23.5 Å². The van der Waals surface area contributed by atoms with Crippen LogP contribution in [0.3, 0.4) is 0 Å². The van der Waals surface area contributed by atoms with E-state index in [2.05, 4.69) is 24.3 Å². The van der Waals surface area contributed by atoms with E-state index in [0.29, 0.717) is 18.3 Å². The molecule has 7 heteroatoms. The maximum atomic E-state index is 11.4. The highest BCUT2D eigenvalue weighted by Gasteiger charge is 2.30. The Hall–Kier alpha value is -2.61. The van der Waals surface area contributed by atoms with Crippen LogP contribution in [-0.2, 0) is 11.4 Å². The molecule has 196 valence electrons. The van der Waals surface area contributed by atoms with Gasteiger partial charge in [-0.05, 0) is 48.1 Å². The summed E-state index contributed by atoms with van der Waals surface area (Å²) in [5, 5.41) is 20.2. The van der Waals surface area contributed by atoms with E-state index in [1.54, 1.807) is 18.9 Å². The van der Waals surface area contributed by atoms with Crippen LogP contribution in [0.4, 0.5) is 0 Å². The smallest absolute Gasteiger partial charge is 0.313 e. The lowest BCUT2D eigenvalue weighted by Gasteiger charge is -2.27. The molecule has 37 heavy (non-hydrogen) atoms. The Kier molecular flexibility index (Phi) is 10.2. The second kappa shape index (κ2) is 13.8. The maximum Gasteiger partial charge on any atom is 0.313 e. The minimum absolute atomic E-state index is 0.0485. The molecule has 2 atom stereocenters. The Morgan fingerprint density at radius 2 is 1.78 bits per heavy atom. The Bertz CT molecular complexity index is 1150. The summed E-state index contributed by atoms with van der Waals surface area (Å²) in [5.74, 6) is 1.41. The summed E-state index contributed by atoms with van der Waals surface area (Å²) in [6, 6.07) is 24.2. The maximum absolute atomic E-state index is 11.4. The molecule has 1 aliphatic carbocycles. The molecule has 4 rings (SSSR count). The zero-order valence-electron chi connectivity index (χ0n) is 21.0. The van der Waals surface area contributed by atoms with E-state index >= 15 is 0 Å².